The minimum absolute atomic E-state index is 0. The lowest BCUT2D eigenvalue weighted by molar-refractivity contribution is 0.193. The quantitative estimate of drug-likeness (QED) is 0.335. The molecule has 2 aromatic heterocycles. The van der Waals surface area contributed by atoms with E-state index in [0.717, 1.165) is 48.6 Å². The second-order valence-corrected chi connectivity index (χ2v) is 7.09. The Morgan fingerprint density at radius 1 is 1.31 bits per heavy atom. The summed E-state index contributed by atoms with van der Waals surface area (Å²) >= 11 is 1.72. The van der Waals surface area contributed by atoms with Gasteiger partial charge in [0.15, 0.2) is 5.96 Å². The van der Waals surface area contributed by atoms with Gasteiger partial charge in [0.05, 0.1) is 29.6 Å². The van der Waals surface area contributed by atoms with E-state index in [1.165, 1.54) is 4.88 Å². The number of likely N-dealkylation sites (N-methyl/N-ethyl adjacent to an activating group) is 1. The fourth-order valence-corrected chi connectivity index (χ4v) is 3.75. The summed E-state index contributed by atoms with van der Waals surface area (Å²) in [4.78, 5) is 12.4. The van der Waals surface area contributed by atoms with Crippen LogP contribution in [0.15, 0.2) is 27.8 Å². The van der Waals surface area contributed by atoms with E-state index in [2.05, 4.69) is 39.4 Å². The van der Waals surface area contributed by atoms with Crippen molar-refractivity contribution in [3.05, 3.63) is 39.7 Å². The summed E-state index contributed by atoms with van der Waals surface area (Å²) in [5.41, 5.74) is 1.09. The molecule has 0 aromatic carbocycles. The number of aryl methyl sites for hydroxylation is 2. The smallest absolute Gasteiger partial charge is 0.191 e. The number of nitrogens with one attached hydrogen (secondary N) is 2. The van der Waals surface area contributed by atoms with Crippen LogP contribution in [0.1, 0.15) is 41.2 Å². The number of hydrogen-bond donors (Lipinski definition) is 2. The highest BCUT2D eigenvalue weighted by Crippen LogP contribution is 2.20. The van der Waals surface area contributed by atoms with E-state index in [0.29, 0.717) is 0 Å². The first-order chi connectivity index (χ1) is 12.1. The van der Waals surface area contributed by atoms with Crippen LogP contribution in [0.4, 0.5) is 0 Å². The molecule has 0 fully saturated rings. The maximum atomic E-state index is 5.65. The Bertz CT molecular complexity index is 667. The highest BCUT2D eigenvalue weighted by molar-refractivity contribution is 14.0. The monoisotopic (exact) mass is 491 g/mol. The van der Waals surface area contributed by atoms with E-state index in [1.807, 2.05) is 26.0 Å². The number of halogens is 1. The Kier molecular flexibility index (Phi) is 10.2. The van der Waals surface area contributed by atoms with Crippen LogP contribution in [0.5, 0.6) is 0 Å². The number of thiazole rings is 1. The maximum absolute atomic E-state index is 5.65. The molecule has 0 radical (unpaired) electrons. The normalized spacial score (nSPS) is 12.8. The second-order valence-electron chi connectivity index (χ2n) is 5.80. The van der Waals surface area contributed by atoms with Crippen LogP contribution in [0.3, 0.4) is 0 Å². The van der Waals surface area contributed by atoms with Crippen LogP contribution in [0, 0.1) is 13.8 Å². The Morgan fingerprint density at radius 3 is 2.54 bits per heavy atom. The zero-order chi connectivity index (χ0) is 18.2. The standard InChI is InChI=1S/C18H29N5OS.HI/c1-6-23(7-2)15(16-9-8-10-24-16)11-20-18(19-5)21-12-17-13(3)22-14(4)25-17;/h8-10,15H,6-7,11-12H2,1-5H3,(H2,19,20,21);1H. The average Bonchev–Trinajstić information content (AvgIpc) is 3.23. The van der Waals surface area contributed by atoms with E-state index in [4.69, 9.17) is 4.42 Å². The van der Waals surface area contributed by atoms with Crippen LogP contribution < -0.4 is 10.6 Å². The molecule has 146 valence electrons. The third-order valence-corrected chi connectivity index (χ3v) is 5.30. The van der Waals surface area contributed by atoms with E-state index in [1.54, 1.807) is 24.6 Å². The molecule has 6 nitrogen and oxygen atoms in total. The molecule has 0 saturated carbocycles. The number of rotatable bonds is 8. The fourth-order valence-electron chi connectivity index (χ4n) is 2.87. The van der Waals surface area contributed by atoms with Crippen molar-refractivity contribution in [2.24, 2.45) is 4.99 Å². The lowest BCUT2D eigenvalue weighted by Gasteiger charge is -2.28. The molecule has 1 unspecified atom stereocenters. The third-order valence-electron chi connectivity index (χ3n) is 4.23. The predicted octanol–water partition coefficient (Wildman–Crippen LogP) is 3.72. The number of aliphatic imine (C=N–C) groups is 1. The Balaban J connectivity index is 0.00000338. The van der Waals surface area contributed by atoms with Crippen molar-refractivity contribution in [2.75, 3.05) is 26.7 Å². The van der Waals surface area contributed by atoms with Crippen LogP contribution in [0.2, 0.25) is 0 Å². The van der Waals surface area contributed by atoms with Gasteiger partial charge in [0.25, 0.3) is 0 Å². The van der Waals surface area contributed by atoms with Crippen molar-refractivity contribution >= 4 is 41.3 Å². The first kappa shape index (κ1) is 22.9. The summed E-state index contributed by atoms with van der Waals surface area (Å²) in [5, 5.41) is 7.89. The van der Waals surface area contributed by atoms with Crippen LogP contribution in [-0.4, -0.2) is 42.5 Å². The van der Waals surface area contributed by atoms with Gasteiger partial charge < -0.3 is 15.1 Å². The first-order valence-electron chi connectivity index (χ1n) is 8.73. The van der Waals surface area contributed by atoms with Crippen LogP contribution in [0.25, 0.3) is 0 Å². The molecule has 0 aliphatic heterocycles. The molecule has 2 aromatic rings. The fraction of sp³-hybridized carbons (Fsp3) is 0.556. The number of aromatic nitrogens is 1. The molecule has 0 bridgehead atoms. The summed E-state index contributed by atoms with van der Waals surface area (Å²) in [6, 6.07) is 4.15. The molecular formula is C18H30IN5OS. The molecule has 2 N–H and O–H groups in total. The minimum Gasteiger partial charge on any atom is -0.468 e. The highest BCUT2D eigenvalue weighted by atomic mass is 127. The van der Waals surface area contributed by atoms with Crippen molar-refractivity contribution < 1.29 is 4.42 Å². The van der Waals surface area contributed by atoms with Crippen molar-refractivity contribution in [2.45, 2.75) is 40.3 Å². The van der Waals surface area contributed by atoms with Crippen LogP contribution in [-0.2, 0) is 6.54 Å². The zero-order valence-electron chi connectivity index (χ0n) is 16.2. The molecule has 1 atom stereocenters. The summed E-state index contributed by atoms with van der Waals surface area (Å²) < 4.78 is 5.65. The highest BCUT2D eigenvalue weighted by Gasteiger charge is 2.20. The summed E-state index contributed by atoms with van der Waals surface area (Å²) in [7, 11) is 1.79. The molecule has 2 rings (SSSR count). The van der Waals surface area contributed by atoms with Crippen molar-refractivity contribution in [3.63, 3.8) is 0 Å². The number of hydrogen-bond acceptors (Lipinski definition) is 5. The maximum Gasteiger partial charge on any atom is 0.191 e. The molecular weight excluding hydrogens is 461 g/mol. The van der Waals surface area contributed by atoms with Gasteiger partial charge in [0, 0.05) is 18.5 Å². The lowest BCUT2D eigenvalue weighted by atomic mass is 10.2. The van der Waals surface area contributed by atoms with Gasteiger partial charge in [0.1, 0.15) is 5.76 Å². The Labute approximate surface area is 177 Å². The van der Waals surface area contributed by atoms with Gasteiger partial charge in [-0.2, -0.15) is 0 Å². The van der Waals surface area contributed by atoms with Gasteiger partial charge in [-0.3, -0.25) is 9.89 Å². The molecule has 0 saturated heterocycles. The van der Waals surface area contributed by atoms with Crippen molar-refractivity contribution in [3.8, 4) is 0 Å². The molecule has 0 amide bonds. The van der Waals surface area contributed by atoms with Gasteiger partial charge in [-0.05, 0) is 39.1 Å². The Morgan fingerprint density at radius 2 is 2.04 bits per heavy atom. The molecule has 0 spiro atoms. The van der Waals surface area contributed by atoms with E-state index < -0.39 is 0 Å². The SMILES string of the molecule is CCN(CC)C(CNC(=NC)NCc1sc(C)nc1C)c1ccco1.I. The Hall–Kier alpha value is -1.13. The van der Waals surface area contributed by atoms with Crippen LogP contribution >= 0.6 is 35.3 Å². The van der Waals surface area contributed by atoms with Gasteiger partial charge in [-0.25, -0.2) is 4.98 Å². The van der Waals surface area contributed by atoms with Gasteiger partial charge in [-0.1, -0.05) is 13.8 Å². The number of guanidine groups is 1. The molecule has 2 heterocycles. The largest absolute Gasteiger partial charge is 0.468 e. The van der Waals surface area contributed by atoms with E-state index in [9.17, 15) is 0 Å². The molecule has 0 aliphatic carbocycles. The number of furan rings is 1. The lowest BCUT2D eigenvalue weighted by Crippen LogP contribution is -2.42. The molecule has 26 heavy (non-hydrogen) atoms. The van der Waals surface area contributed by atoms with Gasteiger partial charge in [0.2, 0.25) is 0 Å². The predicted molar refractivity (Wildman–Crippen MR) is 120 cm³/mol. The van der Waals surface area contributed by atoms with E-state index >= 15 is 0 Å². The zero-order valence-corrected chi connectivity index (χ0v) is 19.4. The second kappa shape index (κ2) is 11.6. The first-order valence-corrected chi connectivity index (χ1v) is 9.55. The molecule has 0 aliphatic rings. The third kappa shape index (κ3) is 6.24. The summed E-state index contributed by atoms with van der Waals surface area (Å²) in [5.74, 6) is 1.76. The van der Waals surface area contributed by atoms with Crippen molar-refractivity contribution in [1.29, 1.82) is 0 Å². The number of nitrogens with zero attached hydrogens (tertiary/aromatic N) is 3. The van der Waals surface area contributed by atoms with E-state index in [-0.39, 0.29) is 30.0 Å². The van der Waals surface area contributed by atoms with Crippen molar-refractivity contribution in [1.82, 2.24) is 20.5 Å². The topological polar surface area (TPSA) is 65.7 Å². The van der Waals surface area contributed by atoms with Gasteiger partial charge in [-0.15, -0.1) is 35.3 Å². The minimum atomic E-state index is 0. The average molecular weight is 491 g/mol. The summed E-state index contributed by atoms with van der Waals surface area (Å²) in [6.07, 6.45) is 1.73. The summed E-state index contributed by atoms with van der Waals surface area (Å²) in [6.45, 7) is 11.8. The van der Waals surface area contributed by atoms with Gasteiger partial charge >= 0.3 is 0 Å². The molecule has 8 heteroatoms.